The highest BCUT2D eigenvalue weighted by Crippen LogP contribution is 2.11. The summed E-state index contributed by atoms with van der Waals surface area (Å²) in [5.41, 5.74) is 4.27. The largest absolute Gasteiger partial charge is 0.303 e. The Balaban J connectivity index is 3.82. The van der Waals surface area contributed by atoms with Gasteiger partial charge in [-0.1, -0.05) is 34.9 Å². The van der Waals surface area contributed by atoms with E-state index in [0.29, 0.717) is 6.42 Å². The maximum atomic E-state index is 10.2. The molecule has 0 saturated heterocycles. The third-order valence-corrected chi connectivity index (χ3v) is 2.90. The monoisotopic (exact) mass is 248 g/mol. The van der Waals surface area contributed by atoms with Crippen molar-refractivity contribution in [2.75, 3.05) is 0 Å². The van der Waals surface area contributed by atoms with E-state index in [2.05, 4.69) is 45.9 Å². The van der Waals surface area contributed by atoms with Gasteiger partial charge in [0.25, 0.3) is 0 Å². The summed E-state index contributed by atoms with van der Waals surface area (Å²) >= 11 is 0. The highest BCUT2D eigenvalue weighted by molar-refractivity contribution is 5.49. The van der Waals surface area contributed by atoms with E-state index in [1.807, 2.05) is 0 Å². The van der Waals surface area contributed by atoms with Crippen LogP contribution in [0.1, 0.15) is 66.2 Å². The van der Waals surface area contributed by atoms with Crippen LogP contribution in [0.25, 0.3) is 0 Å². The first kappa shape index (κ1) is 16.9. The molecule has 0 unspecified atom stereocenters. The van der Waals surface area contributed by atoms with Crippen LogP contribution < -0.4 is 0 Å². The molecule has 0 amide bonds. The summed E-state index contributed by atoms with van der Waals surface area (Å²) < 4.78 is 0. The number of hydrogen-bond donors (Lipinski definition) is 0. The highest BCUT2D eigenvalue weighted by Gasteiger charge is 1.92. The minimum absolute atomic E-state index is 0.648. The van der Waals surface area contributed by atoms with Gasteiger partial charge >= 0.3 is 0 Å². The number of hydrogen-bond acceptors (Lipinski definition) is 1. The van der Waals surface area contributed by atoms with Gasteiger partial charge in [0.15, 0.2) is 0 Å². The summed E-state index contributed by atoms with van der Waals surface area (Å²) in [6.45, 7) is 8.65. The van der Waals surface area contributed by atoms with Crippen molar-refractivity contribution in [3.05, 3.63) is 34.9 Å². The van der Waals surface area contributed by atoms with Gasteiger partial charge in [-0.2, -0.15) is 0 Å². The molecule has 0 aliphatic heterocycles. The Labute approximate surface area is 113 Å². The average Bonchev–Trinajstić information content (AvgIpc) is 2.29. The zero-order chi connectivity index (χ0) is 13.8. The molecule has 0 aromatic carbocycles. The first-order valence-electron chi connectivity index (χ1n) is 6.94. The molecule has 0 N–H and O–H groups in total. The van der Waals surface area contributed by atoms with Gasteiger partial charge in [0.2, 0.25) is 0 Å². The molecule has 0 heterocycles. The van der Waals surface area contributed by atoms with Crippen LogP contribution in [0.4, 0.5) is 0 Å². The Morgan fingerprint density at radius 1 is 0.722 bits per heavy atom. The van der Waals surface area contributed by atoms with Crippen molar-refractivity contribution in [3.8, 4) is 0 Å². The lowest BCUT2D eigenvalue weighted by atomic mass is 10.1. The maximum Gasteiger partial charge on any atom is 0.120 e. The number of carbonyl (C=O) groups is 1. The lowest BCUT2D eigenvalue weighted by molar-refractivity contribution is -0.107. The third kappa shape index (κ3) is 11.4. The summed E-state index contributed by atoms with van der Waals surface area (Å²) in [5.74, 6) is 0. The van der Waals surface area contributed by atoms with Crippen molar-refractivity contribution in [1.82, 2.24) is 0 Å². The minimum atomic E-state index is 0.648. The van der Waals surface area contributed by atoms with Crippen molar-refractivity contribution in [2.45, 2.75) is 66.2 Å². The first-order chi connectivity index (χ1) is 8.56. The Bertz CT molecular complexity index is 315. The van der Waals surface area contributed by atoms with Crippen molar-refractivity contribution < 1.29 is 4.79 Å². The lowest BCUT2D eigenvalue weighted by Gasteiger charge is -2.01. The molecule has 0 aromatic heterocycles. The van der Waals surface area contributed by atoms with Crippen molar-refractivity contribution in [1.29, 1.82) is 0 Å². The normalized spacial score (nSPS) is 12.4. The van der Waals surface area contributed by atoms with Gasteiger partial charge in [-0.3, -0.25) is 0 Å². The van der Waals surface area contributed by atoms with Gasteiger partial charge in [-0.15, -0.1) is 0 Å². The molecule has 0 aliphatic rings. The summed E-state index contributed by atoms with van der Waals surface area (Å²) in [7, 11) is 0. The predicted octanol–water partition coefficient (Wildman–Crippen LogP) is 5.38. The van der Waals surface area contributed by atoms with Crippen LogP contribution in [0.15, 0.2) is 34.9 Å². The van der Waals surface area contributed by atoms with E-state index in [-0.39, 0.29) is 0 Å². The summed E-state index contributed by atoms with van der Waals surface area (Å²) in [5, 5.41) is 0. The molecule has 0 aromatic rings. The Kier molecular flexibility index (Phi) is 10.3. The number of aldehydes is 1. The van der Waals surface area contributed by atoms with E-state index in [1.165, 1.54) is 23.1 Å². The molecule has 0 bridgehead atoms. The summed E-state index contributed by atoms with van der Waals surface area (Å²) in [6, 6.07) is 0. The fourth-order valence-corrected chi connectivity index (χ4v) is 1.74. The molecule has 0 saturated carbocycles. The standard InChI is InChI=1S/C17H28O/c1-15(2)9-7-11-17(4)13-8-12-16(3)10-5-6-14-18/h9-10,13-14H,5-8,11-12H2,1-4H3/b16-10+,17-13+. The van der Waals surface area contributed by atoms with Crippen LogP contribution in [-0.4, -0.2) is 6.29 Å². The van der Waals surface area contributed by atoms with Crippen molar-refractivity contribution in [3.63, 3.8) is 0 Å². The van der Waals surface area contributed by atoms with Crippen LogP contribution in [0.2, 0.25) is 0 Å². The van der Waals surface area contributed by atoms with Gasteiger partial charge in [0.1, 0.15) is 6.29 Å². The van der Waals surface area contributed by atoms with Gasteiger partial charge in [-0.05, 0) is 59.8 Å². The fraction of sp³-hybridized carbons (Fsp3) is 0.588. The molecule has 0 aliphatic carbocycles. The van der Waals surface area contributed by atoms with Gasteiger partial charge in [0, 0.05) is 6.42 Å². The highest BCUT2D eigenvalue weighted by atomic mass is 16.1. The summed E-state index contributed by atoms with van der Waals surface area (Å²) in [4.78, 5) is 10.2. The van der Waals surface area contributed by atoms with Crippen LogP contribution in [0.3, 0.4) is 0 Å². The van der Waals surface area contributed by atoms with Crippen molar-refractivity contribution >= 4 is 6.29 Å². The Morgan fingerprint density at radius 3 is 1.72 bits per heavy atom. The Morgan fingerprint density at radius 2 is 1.22 bits per heavy atom. The van der Waals surface area contributed by atoms with Crippen LogP contribution in [0, 0.1) is 0 Å². The zero-order valence-corrected chi connectivity index (χ0v) is 12.5. The number of allylic oxidation sites excluding steroid dienone is 6. The number of rotatable bonds is 9. The van der Waals surface area contributed by atoms with Crippen LogP contribution >= 0.6 is 0 Å². The SMILES string of the molecule is CC(C)=CCC/C(C)=C/CC/C(C)=C/CCC=O. The minimum Gasteiger partial charge on any atom is -0.303 e. The number of carbonyl (C=O) groups excluding carboxylic acids is 1. The molecule has 0 rings (SSSR count). The second kappa shape index (κ2) is 11.0. The lowest BCUT2D eigenvalue weighted by Crippen LogP contribution is -1.81. The van der Waals surface area contributed by atoms with Crippen LogP contribution in [-0.2, 0) is 4.79 Å². The van der Waals surface area contributed by atoms with Crippen LogP contribution in [0.5, 0.6) is 0 Å². The molecule has 0 atom stereocenters. The first-order valence-corrected chi connectivity index (χ1v) is 6.94. The van der Waals surface area contributed by atoms with E-state index in [9.17, 15) is 4.79 Å². The predicted molar refractivity (Wildman–Crippen MR) is 80.7 cm³/mol. The van der Waals surface area contributed by atoms with Gasteiger partial charge in [0.05, 0.1) is 0 Å². The van der Waals surface area contributed by atoms with E-state index in [1.54, 1.807) is 0 Å². The van der Waals surface area contributed by atoms with E-state index >= 15 is 0 Å². The fourth-order valence-electron chi connectivity index (χ4n) is 1.74. The molecular weight excluding hydrogens is 220 g/mol. The maximum absolute atomic E-state index is 10.2. The average molecular weight is 248 g/mol. The molecule has 0 spiro atoms. The second-order valence-corrected chi connectivity index (χ2v) is 5.20. The second-order valence-electron chi connectivity index (χ2n) is 5.20. The molecule has 102 valence electrons. The molecular formula is C17H28O. The quantitative estimate of drug-likeness (QED) is 0.304. The number of unbranched alkanes of at least 4 members (excludes halogenated alkanes) is 1. The zero-order valence-electron chi connectivity index (χ0n) is 12.5. The molecule has 0 fully saturated rings. The topological polar surface area (TPSA) is 17.1 Å². The molecule has 18 heavy (non-hydrogen) atoms. The molecule has 0 radical (unpaired) electrons. The molecule has 1 heteroatoms. The van der Waals surface area contributed by atoms with Gasteiger partial charge in [-0.25, -0.2) is 0 Å². The van der Waals surface area contributed by atoms with E-state index in [0.717, 1.165) is 32.0 Å². The Hall–Kier alpha value is -1.11. The van der Waals surface area contributed by atoms with Gasteiger partial charge < -0.3 is 4.79 Å². The third-order valence-electron chi connectivity index (χ3n) is 2.90. The molecule has 1 nitrogen and oxygen atoms in total. The summed E-state index contributed by atoms with van der Waals surface area (Å²) in [6.07, 6.45) is 13.9. The van der Waals surface area contributed by atoms with Crippen molar-refractivity contribution in [2.24, 2.45) is 0 Å². The van der Waals surface area contributed by atoms with E-state index in [4.69, 9.17) is 0 Å². The smallest absolute Gasteiger partial charge is 0.120 e. The van der Waals surface area contributed by atoms with E-state index < -0.39 is 0 Å².